The summed E-state index contributed by atoms with van der Waals surface area (Å²) in [7, 11) is 0. The Balaban J connectivity index is 1.75. The second kappa shape index (κ2) is 5.73. The van der Waals surface area contributed by atoms with Crippen molar-refractivity contribution in [3.63, 3.8) is 0 Å². The number of nitrogens with two attached hydrogens (primary N) is 1. The van der Waals surface area contributed by atoms with Crippen molar-refractivity contribution in [2.24, 2.45) is 0 Å². The van der Waals surface area contributed by atoms with Crippen LogP contribution in [0.1, 0.15) is 12.1 Å². The van der Waals surface area contributed by atoms with E-state index in [9.17, 15) is 4.79 Å². The number of benzene rings is 1. The molecule has 1 fully saturated rings. The van der Waals surface area contributed by atoms with Gasteiger partial charge in [0.2, 0.25) is 5.91 Å². The van der Waals surface area contributed by atoms with Crippen LogP contribution in [0.15, 0.2) is 41.6 Å². The van der Waals surface area contributed by atoms with Gasteiger partial charge >= 0.3 is 0 Å². The van der Waals surface area contributed by atoms with Gasteiger partial charge in [0.25, 0.3) is 0 Å². The third kappa shape index (κ3) is 3.00. The van der Waals surface area contributed by atoms with Crippen LogP contribution in [0.5, 0.6) is 0 Å². The number of hydrogen-bond acceptors (Lipinski definition) is 5. The predicted octanol–water partition coefficient (Wildman–Crippen LogP) is 2.26. The summed E-state index contributed by atoms with van der Waals surface area (Å²) in [6, 6.07) is 11.4. The Labute approximate surface area is 127 Å². The van der Waals surface area contributed by atoms with Crippen molar-refractivity contribution in [1.29, 1.82) is 0 Å². The van der Waals surface area contributed by atoms with Crippen molar-refractivity contribution in [1.82, 2.24) is 9.97 Å². The van der Waals surface area contributed by atoms with Gasteiger partial charge in [-0.3, -0.25) is 4.79 Å². The fraction of sp³-hybridized carbons (Fsp3) is 0.267. The zero-order valence-corrected chi connectivity index (χ0v) is 12.5. The van der Waals surface area contributed by atoms with E-state index in [2.05, 4.69) is 9.97 Å². The maximum Gasteiger partial charge on any atom is 0.240 e. The number of thioether (sulfide) groups is 1. The fourth-order valence-corrected chi connectivity index (χ4v) is 3.43. The zero-order chi connectivity index (χ0) is 14.8. The number of nitrogen functional groups attached to an aromatic ring is 1. The molecule has 3 rings (SSSR count). The first-order chi connectivity index (χ1) is 10.1. The number of nitrogens with zero attached hydrogens (tertiary/aromatic N) is 3. The van der Waals surface area contributed by atoms with Gasteiger partial charge in [0.15, 0.2) is 5.16 Å². The summed E-state index contributed by atoms with van der Waals surface area (Å²) < 4.78 is 0. The number of hydrogen-bond donors (Lipinski definition) is 1. The minimum atomic E-state index is -0.147. The first kappa shape index (κ1) is 13.9. The average molecular weight is 300 g/mol. The highest BCUT2D eigenvalue weighted by Crippen LogP contribution is 2.31. The Morgan fingerprint density at radius 1 is 1.29 bits per heavy atom. The molecule has 0 bridgehead atoms. The molecule has 1 amide bonds. The number of aryl methyl sites for hydroxylation is 1. The van der Waals surface area contributed by atoms with Gasteiger partial charge < -0.3 is 10.6 Å². The first-order valence-electron chi connectivity index (χ1n) is 6.78. The molecule has 1 aromatic carbocycles. The summed E-state index contributed by atoms with van der Waals surface area (Å²) in [6.45, 7) is 2.59. The highest BCUT2D eigenvalue weighted by molar-refractivity contribution is 8.00. The van der Waals surface area contributed by atoms with Crippen molar-refractivity contribution in [3.05, 3.63) is 42.1 Å². The van der Waals surface area contributed by atoms with Crippen molar-refractivity contribution in [2.45, 2.75) is 23.8 Å². The van der Waals surface area contributed by atoms with E-state index in [4.69, 9.17) is 5.73 Å². The molecule has 108 valence electrons. The molecule has 0 saturated carbocycles. The van der Waals surface area contributed by atoms with Crippen LogP contribution in [-0.2, 0) is 4.79 Å². The Bertz CT molecular complexity index is 642. The molecule has 5 nitrogen and oxygen atoms in total. The summed E-state index contributed by atoms with van der Waals surface area (Å²) in [6.07, 6.45) is 0.787. The minimum absolute atomic E-state index is 0.106. The molecule has 0 unspecified atom stereocenters. The largest absolute Gasteiger partial charge is 0.384 e. The lowest BCUT2D eigenvalue weighted by Crippen LogP contribution is -2.28. The normalized spacial score (nSPS) is 18.2. The molecule has 1 aliphatic heterocycles. The van der Waals surface area contributed by atoms with E-state index in [1.807, 2.05) is 42.2 Å². The molecule has 1 saturated heterocycles. The van der Waals surface area contributed by atoms with Crippen molar-refractivity contribution in [2.75, 3.05) is 17.2 Å². The molecule has 1 atom stereocenters. The fourth-order valence-electron chi connectivity index (χ4n) is 2.37. The standard InChI is InChI=1S/C15H16N4OS/c1-10-9-13(16)18-15(17-10)21-12-7-8-19(14(12)20)11-5-3-2-4-6-11/h2-6,9,12H,7-8H2,1H3,(H2,16,17,18)/t12-/m1/s1. The van der Waals surface area contributed by atoms with Gasteiger partial charge in [-0.05, 0) is 25.5 Å². The molecule has 1 aromatic heterocycles. The van der Waals surface area contributed by atoms with Crippen molar-refractivity contribution in [3.8, 4) is 0 Å². The summed E-state index contributed by atoms with van der Waals surface area (Å²) in [4.78, 5) is 22.8. The SMILES string of the molecule is Cc1cc(N)nc(S[C@@H]2CCN(c3ccccc3)C2=O)n1. The number of rotatable bonds is 3. The molecule has 21 heavy (non-hydrogen) atoms. The van der Waals surface area contributed by atoms with Gasteiger partial charge in [-0.1, -0.05) is 30.0 Å². The third-order valence-electron chi connectivity index (χ3n) is 3.33. The van der Waals surface area contributed by atoms with E-state index < -0.39 is 0 Å². The second-order valence-electron chi connectivity index (χ2n) is 4.94. The summed E-state index contributed by atoms with van der Waals surface area (Å²) in [5, 5.41) is 0.423. The molecule has 2 N–H and O–H groups in total. The summed E-state index contributed by atoms with van der Waals surface area (Å²) in [5.74, 6) is 0.547. The van der Waals surface area contributed by atoms with Crippen molar-refractivity contribution >= 4 is 29.2 Å². The quantitative estimate of drug-likeness (QED) is 0.880. The van der Waals surface area contributed by atoms with Crippen LogP contribution in [0.2, 0.25) is 0 Å². The molecular formula is C15H16N4OS. The highest BCUT2D eigenvalue weighted by atomic mass is 32.2. The lowest BCUT2D eigenvalue weighted by Gasteiger charge is -2.16. The van der Waals surface area contributed by atoms with Crippen LogP contribution < -0.4 is 10.6 Å². The van der Waals surface area contributed by atoms with Crippen LogP contribution in [0.3, 0.4) is 0 Å². The van der Waals surface area contributed by atoms with Crippen LogP contribution in [-0.4, -0.2) is 27.7 Å². The van der Waals surface area contributed by atoms with E-state index in [0.717, 1.165) is 24.3 Å². The van der Waals surface area contributed by atoms with E-state index >= 15 is 0 Å². The number of carbonyl (C=O) groups excluding carboxylic acids is 1. The summed E-state index contributed by atoms with van der Waals surface area (Å²) >= 11 is 1.39. The van der Waals surface area contributed by atoms with E-state index in [1.54, 1.807) is 6.07 Å². The number of anilines is 2. The van der Waals surface area contributed by atoms with Gasteiger partial charge in [-0.25, -0.2) is 9.97 Å². The zero-order valence-electron chi connectivity index (χ0n) is 11.7. The van der Waals surface area contributed by atoms with Gasteiger partial charge in [0.05, 0.1) is 5.25 Å². The van der Waals surface area contributed by atoms with Crippen molar-refractivity contribution < 1.29 is 4.79 Å². The topological polar surface area (TPSA) is 72.1 Å². The Hall–Kier alpha value is -2.08. The minimum Gasteiger partial charge on any atom is -0.384 e. The summed E-state index contributed by atoms with van der Waals surface area (Å²) in [5.41, 5.74) is 7.48. The first-order valence-corrected chi connectivity index (χ1v) is 7.66. The van der Waals surface area contributed by atoms with Crippen LogP contribution in [0.25, 0.3) is 0 Å². The Kier molecular flexibility index (Phi) is 3.79. The van der Waals surface area contributed by atoms with E-state index in [1.165, 1.54) is 11.8 Å². The number of amides is 1. The lowest BCUT2D eigenvalue weighted by molar-refractivity contribution is -0.116. The Morgan fingerprint density at radius 3 is 2.76 bits per heavy atom. The molecular weight excluding hydrogens is 284 g/mol. The molecule has 6 heteroatoms. The monoisotopic (exact) mass is 300 g/mol. The number of carbonyl (C=O) groups is 1. The van der Waals surface area contributed by atoms with E-state index in [-0.39, 0.29) is 11.2 Å². The average Bonchev–Trinajstić information content (AvgIpc) is 2.80. The van der Waals surface area contributed by atoms with E-state index in [0.29, 0.717) is 11.0 Å². The highest BCUT2D eigenvalue weighted by Gasteiger charge is 2.33. The molecule has 2 aromatic rings. The maximum atomic E-state index is 12.5. The lowest BCUT2D eigenvalue weighted by atomic mass is 10.3. The predicted molar refractivity (Wildman–Crippen MR) is 84.2 cm³/mol. The van der Waals surface area contributed by atoms with Gasteiger partial charge in [-0.2, -0.15) is 0 Å². The van der Waals surface area contributed by atoms with Crippen LogP contribution in [0, 0.1) is 6.92 Å². The van der Waals surface area contributed by atoms with Gasteiger partial charge in [-0.15, -0.1) is 0 Å². The molecule has 0 aliphatic carbocycles. The van der Waals surface area contributed by atoms with Gasteiger partial charge in [0.1, 0.15) is 5.82 Å². The number of para-hydroxylation sites is 1. The third-order valence-corrected chi connectivity index (χ3v) is 4.44. The van der Waals surface area contributed by atoms with Gasteiger partial charge in [0, 0.05) is 24.0 Å². The smallest absolute Gasteiger partial charge is 0.240 e. The molecule has 0 radical (unpaired) electrons. The molecule has 0 spiro atoms. The molecule has 2 heterocycles. The Morgan fingerprint density at radius 2 is 2.05 bits per heavy atom. The van der Waals surface area contributed by atoms with Crippen LogP contribution in [0.4, 0.5) is 11.5 Å². The van der Waals surface area contributed by atoms with Crippen LogP contribution >= 0.6 is 11.8 Å². The number of aromatic nitrogens is 2. The second-order valence-corrected chi connectivity index (χ2v) is 6.11. The maximum absolute atomic E-state index is 12.5. The molecule has 1 aliphatic rings.